The molecular formula is C12H16BrFN2O. The van der Waals surface area contributed by atoms with Crippen LogP contribution in [0.5, 0.6) is 0 Å². The molecule has 1 aromatic rings. The highest BCUT2D eigenvalue weighted by molar-refractivity contribution is 9.10. The molecule has 3 nitrogen and oxygen atoms in total. The predicted octanol–water partition coefficient (Wildman–Crippen LogP) is 2.91. The Morgan fingerprint density at radius 2 is 2.00 bits per heavy atom. The summed E-state index contributed by atoms with van der Waals surface area (Å²) in [7, 11) is 0. The lowest BCUT2D eigenvalue weighted by molar-refractivity contribution is -0.122. The van der Waals surface area contributed by atoms with Gasteiger partial charge in [0.2, 0.25) is 5.91 Å². The van der Waals surface area contributed by atoms with Crippen molar-refractivity contribution in [1.82, 2.24) is 5.32 Å². The maximum atomic E-state index is 13.0. The summed E-state index contributed by atoms with van der Waals surface area (Å²) < 4.78 is 13.8. The number of hydrogen-bond donors (Lipinski definition) is 2. The molecule has 17 heavy (non-hydrogen) atoms. The van der Waals surface area contributed by atoms with Crippen LogP contribution in [-0.2, 0) is 4.79 Å². The highest BCUT2D eigenvalue weighted by atomic mass is 79.9. The molecule has 0 fully saturated rings. The van der Waals surface area contributed by atoms with Gasteiger partial charge in [-0.15, -0.1) is 0 Å². The number of hydrogen-bond acceptors (Lipinski definition) is 2. The second kappa shape index (κ2) is 6.00. The molecule has 5 heteroatoms. The summed E-state index contributed by atoms with van der Waals surface area (Å²) >= 11 is 3.30. The largest absolute Gasteiger partial charge is 0.373 e. The number of benzene rings is 1. The maximum absolute atomic E-state index is 13.0. The number of anilines is 1. The number of carbonyl (C=O) groups is 1. The average molecular weight is 303 g/mol. The van der Waals surface area contributed by atoms with E-state index in [4.69, 9.17) is 0 Å². The second-order valence-electron chi connectivity index (χ2n) is 4.15. The third-order valence-electron chi connectivity index (χ3n) is 2.12. The van der Waals surface area contributed by atoms with Gasteiger partial charge >= 0.3 is 0 Å². The molecule has 94 valence electrons. The number of nitrogens with one attached hydrogen (secondary N) is 2. The Kier molecular flexibility index (Phi) is 4.93. The van der Waals surface area contributed by atoms with Gasteiger partial charge in [0.1, 0.15) is 11.9 Å². The van der Waals surface area contributed by atoms with Crippen molar-refractivity contribution in [3.8, 4) is 0 Å². The van der Waals surface area contributed by atoms with Crippen LogP contribution in [0, 0.1) is 5.82 Å². The van der Waals surface area contributed by atoms with Crippen LogP contribution in [0.3, 0.4) is 0 Å². The summed E-state index contributed by atoms with van der Waals surface area (Å²) in [6.07, 6.45) is 0. The van der Waals surface area contributed by atoms with Crippen molar-refractivity contribution < 1.29 is 9.18 Å². The standard InChI is InChI=1S/C12H16BrFN2O/c1-7(2)15-12(17)8(3)16-11-6-9(14)4-5-10(11)13/h4-8,16H,1-3H3,(H,15,17). The second-order valence-corrected chi connectivity index (χ2v) is 5.01. The molecular weight excluding hydrogens is 287 g/mol. The molecule has 0 heterocycles. The molecule has 0 bridgehead atoms. The minimum Gasteiger partial charge on any atom is -0.373 e. The van der Waals surface area contributed by atoms with Gasteiger partial charge in [-0.25, -0.2) is 4.39 Å². The van der Waals surface area contributed by atoms with Crippen molar-refractivity contribution in [2.75, 3.05) is 5.32 Å². The highest BCUT2D eigenvalue weighted by Gasteiger charge is 2.14. The summed E-state index contributed by atoms with van der Waals surface area (Å²) in [5.74, 6) is -0.455. The van der Waals surface area contributed by atoms with E-state index in [-0.39, 0.29) is 17.8 Å². The Morgan fingerprint density at radius 1 is 1.35 bits per heavy atom. The number of carbonyl (C=O) groups excluding carboxylic acids is 1. The van der Waals surface area contributed by atoms with E-state index in [1.165, 1.54) is 12.1 Å². The first kappa shape index (κ1) is 14.0. The molecule has 1 atom stereocenters. The first-order valence-corrected chi connectivity index (χ1v) is 6.21. The van der Waals surface area contributed by atoms with Gasteiger partial charge in [0.15, 0.2) is 0 Å². The monoisotopic (exact) mass is 302 g/mol. The number of rotatable bonds is 4. The zero-order valence-electron chi connectivity index (χ0n) is 10.1. The van der Waals surface area contributed by atoms with Crippen molar-refractivity contribution in [1.29, 1.82) is 0 Å². The molecule has 1 amide bonds. The van der Waals surface area contributed by atoms with Gasteiger partial charge < -0.3 is 10.6 Å². The normalized spacial score (nSPS) is 12.4. The minimum absolute atomic E-state index is 0.0858. The molecule has 0 spiro atoms. The smallest absolute Gasteiger partial charge is 0.242 e. The van der Waals surface area contributed by atoms with Gasteiger partial charge in [0, 0.05) is 10.5 Å². The third kappa shape index (κ3) is 4.34. The topological polar surface area (TPSA) is 41.1 Å². The third-order valence-corrected chi connectivity index (χ3v) is 2.82. The van der Waals surface area contributed by atoms with E-state index in [1.807, 2.05) is 13.8 Å². The molecule has 0 saturated carbocycles. The van der Waals surface area contributed by atoms with Crippen LogP contribution in [0.1, 0.15) is 20.8 Å². The van der Waals surface area contributed by atoms with E-state index < -0.39 is 6.04 Å². The molecule has 0 saturated heterocycles. The van der Waals surface area contributed by atoms with Crippen LogP contribution in [0.2, 0.25) is 0 Å². The van der Waals surface area contributed by atoms with Crippen LogP contribution >= 0.6 is 15.9 Å². The Balaban J connectivity index is 2.70. The molecule has 0 aliphatic rings. The van der Waals surface area contributed by atoms with E-state index in [1.54, 1.807) is 13.0 Å². The van der Waals surface area contributed by atoms with E-state index in [9.17, 15) is 9.18 Å². The predicted molar refractivity (Wildman–Crippen MR) is 70.5 cm³/mol. The Labute approximate surface area is 109 Å². The fourth-order valence-electron chi connectivity index (χ4n) is 1.32. The van der Waals surface area contributed by atoms with Crippen molar-refractivity contribution in [3.05, 3.63) is 28.5 Å². The lowest BCUT2D eigenvalue weighted by Gasteiger charge is -2.17. The average Bonchev–Trinajstić information content (AvgIpc) is 2.22. The minimum atomic E-state index is -0.421. The summed E-state index contributed by atoms with van der Waals surface area (Å²) in [6.45, 7) is 5.51. The van der Waals surface area contributed by atoms with Gasteiger partial charge in [-0.2, -0.15) is 0 Å². The summed E-state index contributed by atoms with van der Waals surface area (Å²) in [6, 6.07) is 3.97. The Morgan fingerprint density at radius 3 is 2.59 bits per heavy atom. The first-order chi connectivity index (χ1) is 7.90. The lowest BCUT2D eigenvalue weighted by atomic mass is 10.2. The van der Waals surface area contributed by atoms with Crippen LogP contribution in [0.15, 0.2) is 22.7 Å². The van der Waals surface area contributed by atoms with E-state index in [0.29, 0.717) is 5.69 Å². The molecule has 0 radical (unpaired) electrons. The van der Waals surface area contributed by atoms with Gasteiger partial charge in [-0.1, -0.05) is 0 Å². The molecule has 1 rings (SSSR count). The zero-order valence-corrected chi connectivity index (χ0v) is 11.6. The van der Waals surface area contributed by atoms with Gasteiger partial charge in [0.25, 0.3) is 0 Å². The van der Waals surface area contributed by atoms with Crippen LogP contribution in [0.4, 0.5) is 10.1 Å². The first-order valence-electron chi connectivity index (χ1n) is 5.42. The van der Waals surface area contributed by atoms with E-state index >= 15 is 0 Å². The molecule has 1 aromatic carbocycles. The van der Waals surface area contributed by atoms with Gasteiger partial charge in [-0.3, -0.25) is 4.79 Å². The lowest BCUT2D eigenvalue weighted by Crippen LogP contribution is -2.41. The van der Waals surface area contributed by atoms with Crippen molar-refractivity contribution in [2.45, 2.75) is 32.9 Å². The van der Waals surface area contributed by atoms with Gasteiger partial charge in [0.05, 0.1) is 5.69 Å². The van der Waals surface area contributed by atoms with Crippen LogP contribution < -0.4 is 10.6 Å². The fraction of sp³-hybridized carbons (Fsp3) is 0.417. The summed E-state index contributed by atoms with van der Waals surface area (Å²) in [5.41, 5.74) is 0.566. The van der Waals surface area contributed by atoms with Crippen LogP contribution in [0.25, 0.3) is 0 Å². The summed E-state index contributed by atoms with van der Waals surface area (Å²) in [4.78, 5) is 11.7. The fourth-order valence-corrected chi connectivity index (χ4v) is 1.68. The molecule has 0 aliphatic carbocycles. The summed E-state index contributed by atoms with van der Waals surface area (Å²) in [5, 5.41) is 5.74. The quantitative estimate of drug-likeness (QED) is 0.898. The Hall–Kier alpha value is -1.10. The molecule has 1 unspecified atom stereocenters. The molecule has 2 N–H and O–H groups in total. The van der Waals surface area contributed by atoms with E-state index in [0.717, 1.165) is 4.47 Å². The number of amides is 1. The van der Waals surface area contributed by atoms with Crippen molar-refractivity contribution in [3.63, 3.8) is 0 Å². The SMILES string of the molecule is CC(C)NC(=O)C(C)Nc1cc(F)ccc1Br. The molecule has 0 aliphatic heterocycles. The number of halogens is 2. The highest BCUT2D eigenvalue weighted by Crippen LogP contribution is 2.23. The van der Waals surface area contributed by atoms with Crippen LogP contribution in [-0.4, -0.2) is 18.0 Å². The van der Waals surface area contributed by atoms with E-state index in [2.05, 4.69) is 26.6 Å². The van der Waals surface area contributed by atoms with Gasteiger partial charge in [-0.05, 0) is 54.9 Å². The van der Waals surface area contributed by atoms with Crippen molar-refractivity contribution >= 4 is 27.5 Å². The van der Waals surface area contributed by atoms with Crippen molar-refractivity contribution in [2.24, 2.45) is 0 Å². The Bertz CT molecular complexity index is 409. The maximum Gasteiger partial charge on any atom is 0.242 e. The molecule has 0 aromatic heterocycles. The zero-order chi connectivity index (χ0) is 13.0.